The van der Waals surface area contributed by atoms with Crippen LogP contribution in [0.5, 0.6) is 5.75 Å². The van der Waals surface area contributed by atoms with E-state index in [0.29, 0.717) is 6.61 Å². The van der Waals surface area contributed by atoms with Crippen LogP contribution in [0.2, 0.25) is 0 Å². The third-order valence-electron chi connectivity index (χ3n) is 2.13. The first-order valence-corrected chi connectivity index (χ1v) is 4.05. The first-order valence-electron chi connectivity index (χ1n) is 4.05. The van der Waals surface area contributed by atoms with Gasteiger partial charge >= 0.3 is 0 Å². The lowest BCUT2D eigenvalue weighted by atomic mass is 10.1. The molecule has 3 heteroatoms. The van der Waals surface area contributed by atoms with Crippen LogP contribution in [0, 0.1) is 13.8 Å². The Bertz CT molecular complexity index is 323. The lowest BCUT2D eigenvalue weighted by Crippen LogP contribution is -2.12. The van der Waals surface area contributed by atoms with Gasteiger partial charge in [0.25, 0.3) is 0 Å². The summed E-state index contributed by atoms with van der Waals surface area (Å²) >= 11 is 0. The number of aromatic nitrogens is 1. The Morgan fingerprint density at radius 1 is 1.58 bits per heavy atom. The molecule has 0 saturated carbocycles. The van der Waals surface area contributed by atoms with Crippen LogP contribution in [-0.4, -0.2) is 11.6 Å². The van der Waals surface area contributed by atoms with Crippen molar-refractivity contribution in [1.82, 2.24) is 4.98 Å². The monoisotopic (exact) mass is 164 g/mol. The number of aryl methyl sites for hydroxylation is 2. The molecule has 0 fully saturated rings. The van der Waals surface area contributed by atoms with Crippen LogP contribution >= 0.6 is 0 Å². The Balaban J connectivity index is 2.60. The van der Waals surface area contributed by atoms with E-state index in [1.807, 2.05) is 19.9 Å². The van der Waals surface area contributed by atoms with E-state index in [1.54, 1.807) is 0 Å². The van der Waals surface area contributed by atoms with Crippen molar-refractivity contribution in [3.63, 3.8) is 0 Å². The summed E-state index contributed by atoms with van der Waals surface area (Å²) in [6, 6.07) is 1.95. The van der Waals surface area contributed by atoms with Crippen molar-refractivity contribution in [2.75, 3.05) is 6.61 Å². The topological polar surface area (TPSA) is 48.1 Å². The van der Waals surface area contributed by atoms with E-state index < -0.39 is 0 Å². The second-order valence-electron chi connectivity index (χ2n) is 3.18. The molecule has 1 unspecified atom stereocenters. The zero-order chi connectivity index (χ0) is 8.72. The second kappa shape index (κ2) is 2.45. The van der Waals surface area contributed by atoms with Crippen molar-refractivity contribution in [3.8, 4) is 5.75 Å². The highest BCUT2D eigenvalue weighted by Gasteiger charge is 2.23. The molecule has 1 atom stereocenters. The van der Waals surface area contributed by atoms with Gasteiger partial charge in [0.2, 0.25) is 0 Å². The third-order valence-corrected chi connectivity index (χ3v) is 2.13. The molecule has 1 aromatic heterocycles. The van der Waals surface area contributed by atoms with Crippen LogP contribution in [0.1, 0.15) is 23.0 Å². The number of hydrogen-bond acceptors (Lipinski definition) is 3. The Labute approximate surface area is 71.6 Å². The summed E-state index contributed by atoms with van der Waals surface area (Å²) in [5.41, 5.74) is 8.88. The van der Waals surface area contributed by atoms with Gasteiger partial charge in [0, 0.05) is 23.0 Å². The number of ether oxygens (including phenoxy) is 1. The van der Waals surface area contributed by atoms with Crippen molar-refractivity contribution in [3.05, 3.63) is 23.0 Å². The zero-order valence-corrected chi connectivity index (χ0v) is 7.29. The fraction of sp³-hybridized carbons (Fsp3) is 0.444. The number of nitrogens with zero attached hydrogens (tertiary/aromatic N) is 1. The molecule has 0 saturated heterocycles. The summed E-state index contributed by atoms with van der Waals surface area (Å²) < 4.78 is 5.41. The molecular weight excluding hydrogens is 152 g/mol. The van der Waals surface area contributed by atoms with Crippen molar-refractivity contribution in [2.45, 2.75) is 19.9 Å². The Morgan fingerprint density at radius 3 is 3.08 bits per heavy atom. The SMILES string of the molecule is Cc1cc2c(c(C)n1)C(N)CO2. The molecule has 1 aliphatic rings. The summed E-state index contributed by atoms with van der Waals surface area (Å²) in [4.78, 5) is 4.34. The van der Waals surface area contributed by atoms with E-state index in [9.17, 15) is 0 Å². The molecule has 1 aromatic rings. The van der Waals surface area contributed by atoms with Gasteiger partial charge in [0.15, 0.2) is 0 Å². The standard InChI is InChI=1S/C9H12N2O/c1-5-3-8-9(6(2)11-5)7(10)4-12-8/h3,7H,4,10H2,1-2H3. The van der Waals surface area contributed by atoms with E-state index in [0.717, 1.165) is 22.7 Å². The zero-order valence-electron chi connectivity index (χ0n) is 7.29. The molecule has 0 bridgehead atoms. The van der Waals surface area contributed by atoms with Gasteiger partial charge in [-0.05, 0) is 13.8 Å². The maximum Gasteiger partial charge on any atom is 0.127 e. The Kier molecular flexibility index (Phi) is 1.54. The van der Waals surface area contributed by atoms with Gasteiger partial charge in [-0.2, -0.15) is 0 Å². The Hall–Kier alpha value is -1.09. The summed E-state index contributed by atoms with van der Waals surface area (Å²) in [5, 5.41) is 0. The van der Waals surface area contributed by atoms with Crippen LogP contribution in [0.4, 0.5) is 0 Å². The maximum absolute atomic E-state index is 5.83. The average molecular weight is 164 g/mol. The lowest BCUT2D eigenvalue weighted by molar-refractivity contribution is 0.333. The quantitative estimate of drug-likeness (QED) is 0.624. The predicted octanol–water partition coefficient (Wildman–Crippen LogP) is 1.09. The van der Waals surface area contributed by atoms with Crippen LogP contribution in [0.3, 0.4) is 0 Å². The molecule has 1 aliphatic heterocycles. The molecular formula is C9H12N2O. The van der Waals surface area contributed by atoms with Crippen LogP contribution in [-0.2, 0) is 0 Å². The van der Waals surface area contributed by atoms with Crippen LogP contribution in [0.25, 0.3) is 0 Å². The second-order valence-corrected chi connectivity index (χ2v) is 3.18. The molecule has 0 radical (unpaired) electrons. The molecule has 3 nitrogen and oxygen atoms in total. The maximum atomic E-state index is 5.83. The van der Waals surface area contributed by atoms with Crippen LogP contribution in [0.15, 0.2) is 6.07 Å². The minimum atomic E-state index is 0.00750. The normalized spacial score (nSPS) is 20.4. The highest BCUT2D eigenvalue weighted by atomic mass is 16.5. The first kappa shape index (κ1) is 7.55. The number of pyridine rings is 1. The molecule has 0 amide bonds. The van der Waals surface area contributed by atoms with Crippen molar-refractivity contribution in [1.29, 1.82) is 0 Å². The van der Waals surface area contributed by atoms with E-state index in [1.165, 1.54) is 0 Å². The van der Waals surface area contributed by atoms with E-state index in [4.69, 9.17) is 10.5 Å². The van der Waals surface area contributed by atoms with E-state index in [-0.39, 0.29) is 6.04 Å². The van der Waals surface area contributed by atoms with Gasteiger partial charge in [-0.15, -0.1) is 0 Å². The van der Waals surface area contributed by atoms with Gasteiger partial charge in [0.05, 0.1) is 6.04 Å². The molecule has 2 heterocycles. The Morgan fingerprint density at radius 2 is 2.33 bits per heavy atom. The van der Waals surface area contributed by atoms with E-state index in [2.05, 4.69) is 4.98 Å². The summed E-state index contributed by atoms with van der Waals surface area (Å²) in [5.74, 6) is 0.910. The fourth-order valence-electron chi connectivity index (χ4n) is 1.64. The van der Waals surface area contributed by atoms with Gasteiger partial charge in [-0.1, -0.05) is 0 Å². The van der Waals surface area contributed by atoms with Crippen molar-refractivity contribution < 1.29 is 4.74 Å². The lowest BCUT2D eigenvalue weighted by Gasteiger charge is -2.05. The highest BCUT2D eigenvalue weighted by Crippen LogP contribution is 2.32. The third kappa shape index (κ3) is 0.975. The van der Waals surface area contributed by atoms with Crippen LogP contribution < -0.4 is 10.5 Å². The molecule has 64 valence electrons. The summed E-state index contributed by atoms with van der Waals surface area (Å²) in [6.45, 7) is 4.52. The van der Waals surface area contributed by atoms with Gasteiger partial charge in [0.1, 0.15) is 12.4 Å². The molecule has 2 rings (SSSR count). The molecule has 0 aliphatic carbocycles. The number of hydrogen-bond donors (Lipinski definition) is 1. The van der Waals surface area contributed by atoms with Gasteiger partial charge < -0.3 is 10.5 Å². The minimum absolute atomic E-state index is 0.00750. The molecule has 0 aromatic carbocycles. The minimum Gasteiger partial charge on any atom is -0.491 e. The van der Waals surface area contributed by atoms with Gasteiger partial charge in [-0.25, -0.2) is 0 Å². The van der Waals surface area contributed by atoms with E-state index >= 15 is 0 Å². The number of fused-ring (bicyclic) bond motifs is 1. The summed E-state index contributed by atoms with van der Waals surface area (Å²) in [6.07, 6.45) is 0. The fourth-order valence-corrected chi connectivity index (χ4v) is 1.64. The first-order chi connectivity index (χ1) is 5.68. The molecule has 0 spiro atoms. The smallest absolute Gasteiger partial charge is 0.127 e. The van der Waals surface area contributed by atoms with Crippen molar-refractivity contribution >= 4 is 0 Å². The number of rotatable bonds is 0. The molecule has 2 N–H and O–H groups in total. The molecule has 12 heavy (non-hydrogen) atoms. The van der Waals surface area contributed by atoms with Gasteiger partial charge in [-0.3, -0.25) is 4.98 Å². The highest BCUT2D eigenvalue weighted by molar-refractivity contribution is 5.42. The average Bonchev–Trinajstić information content (AvgIpc) is 2.31. The largest absolute Gasteiger partial charge is 0.491 e. The number of nitrogens with two attached hydrogens (primary N) is 1. The summed E-state index contributed by atoms with van der Waals surface area (Å²) in [7, 11) is 0. The predicted molar refractivity (Wildman–Crippen MR) is 46.1 cm³/mol. The van der Waals surface area contributed by atoms with Crippen molar-refractivity contribution in [2.24, 2.45) is 5.73 Å².